The molecule has 1 aromatic carbocycles. The standard InChI is InChI=1S/C18H25Cl2N3S/c1-3-5-6-7-8-12-17-21-22-18(23(17)4-2)24-13-14-15(19)10-9-11-16(14)20/h9-11H,3-8,12-13H2,1-2H3. The summed E-state index contributed by atoms with van der Waals surface area (Å²) in [4.78, 5) is 0. The summed E-state index contributed by atoms with van der Waals surface area (Å²) in [6, 6.07) is 5.61. The normalized spacial score (nSPS) is 11.2. The zero-order chi connectivity index (χ0) is 17.4. The van der Waals surface area contributed by atoms with Crippen molar-refractivity contribution >= 4 is 35.0 Å². The smallest absolute Gasteiger partial charge is 0.191 e. The number of hydrogen-bond acceptors (Lipinski definition) is 3. The molecule has 3 nitrogen and oxygen atoms in total. The molecule has 132 valence electrons. The van der Waals surface area contributed by atoms with E-state index >= 15 is 0 Å². The Morgan fingerprint density at radius 3 is 2.38 bits per heavy atom. The van der Waals surface area contributed by atoms with Gasteiger partial charge in [0.1, 0.15) is 5.82 Å². The minimum absolute atomic E-state index is 0.702. The molecule has 0 atom stereocenters. The molecule has 0 radical (unpaired) electrons. The monoisotopic (exact) mass is 385 g/mol. The maximum Gasteiger partial charge on any atom is 0.191 e. The number of thioether (sulfide) groups is 1. The third kappa shape index (κ3) is 5.40. The lowest BCUT2D eigenvalue weighted by atomic mass is 10.1. The quantitative estimate of drug-likeness (QED) is 0.349. The number of aryl methyl sites for hydroxylation is 1. The summed E-state index contributed by atoms with van der Waals surface area (Å²) >= 11 is 14.1. The number of benzene rings is 1. The fraction of sp³-hybridized carbons (Fsp3) is 0.556. The number of rotatable bonds is 10. The molecule has 24 heavy (non-hydrogen) atoms. The first-order valence-corrected chi connectivity index (χ1v) is 10.4. The first-order chi connectivity index (χ1) is 11.7. The van der Waals surface area contributed by atoms with Crippen molar-refractivity contribution in [3.8, 4) is 0 Å². The van der Waals surface area contributed by atoms with Crippen molar-refractivity contribution in [1.82, 2.24) is 14.8 Å². The van der Waals surface area contributed by atoms with Gasteiger partial charge in [-0.2, -0.15) is 0 Å². The molecule has 0 saturated carbocycles. The SMILES string of the molecule is CCCCCCCc1nnc(SCc2c(Cl)cccc2Cl)n1CC. The summed E-state index contributed by atoms with van der Waals surface area (Å²) < 4.78 is 2.20. The van der Waals surface area contributed by atoms with Crippen LogP contribution in [0.5, 0.6) is 0 Å². The number of hydrogen-bond donors (Lipinski definition) is 0. The van der Waals surface area contributed by atoms with E-state index in [-0.39, 0.29) is 0 Å². The van der Waals surface area contributed by atoms with E-state index in [1.807, 2.05) is 18.2 Å². The van der Waals surface area contributed by atoms with E-state index in [2.05, 4.69) is 28.6 Å². The topological polar surface area (TPSA) is 30.7 Å². The predicted molar refractivity (Wildman–Crippen MR) is 104 cm³/mol. The van der Waals surface area contributed by atoms with E-state index in [1.54, 1.807) is 11.8 Å². The van der Waals surface area contributed by atoms with Crippen LogP contribution in [0.3, 0.4) is 0 Å². The molecule has 0 bridgehead atoms. The van der Waals surface area contributed by atoms with Crippen LogP contribution in [0, 0.1) is 0 Å². The van der Waals surface area contributed by atoms with Gasteiger partial charge in [-0.15, -0.1) is 10.2 Å². The van der Waals surface area contributed by atoms with Crippen LogP contribution in [-0.2, 0) is 18.7 Å². The molecule has 0 amide bonds. The fourth-order valence-corrected chi connectivity index (χ4v) is 4.38. The Bertz CT molecular complexity index is 623. The molecule has 0 aliphatic heterocycles. The Labute approximate surface area is 159 Å². The van der Waals surface area contributed by atoms with E-state index in [0.717, 1.165) is 29.5 Å². The second kappa shape index (κ2) is 10.3. The van der Waals surface area contributed by atoms with Crippen LogP contribution in [0.1, 0.15) is 57.3 Å². The van der Waals surface area contributed by atoms with Crippen LogP contribution < -0.4 is 0 Å². The highest BCUT2D eigenvalue weighted by atomic mass is 35.5. The van der Waals surface area contributed by atoms with E-state index in [9.17, 15) is 0 Å². The fourth-order valence-electron chi connectivity index (χ4n) is 2.62. The number of unbranched alkanes of at least 4 members (excludes halogenated alkanes) is 4. The van der Waals surface area contributed by atoms with Crippen molar-refractivity contribution in [2.75, 3.05) is 0 Å². The molecule has 0 aliphatic carbocycles. The van der Waals surface area contributed by atoms with E-state index in [1.165, 1.54) is 32.1 Å². The van der Waals surface area contributed by atoms with Crippen molar-refractivity contribution < 1.29 is 0 Å². The lowest BCUT2D eigenvalue weighted by molar-refractivity contribution is 0.589. The lowest BCUT2D eigenvalue weighted by Gasteiger charge is -2.09. The van der Waals surface area contributed by atoms with Gasteiger partial charge in [-0.3, -0.25) is 0 Å². The minimum Gasteiger partial charge on any atom is -0.306 e. The van der Waals surface area contributed by atoms with E-state index < -0.39 is 0 Å². The molecule has 0 aliphatic rings. The van der Waals surface area contributed by atoms with Crippen LogP contribution >= 0.6 is 35.0 Å². The van der Waals surface area contributed by atoms with Crippen molar-refractivity contribution in [1.29, 1.82) is 0 Å². The average Bonchev–Trinajstić information content (AvgIpc) is 2.96. The zero-order valence-corrected chi connectivity index (χ0v) is 16.7. The van der Waals surface area contributed by atoms with Gasteiger partial charge < -0.3 is 4.57 Å². The summed E-state index contributed by atoms with van der Waals surface area (Å²) in [6.07, 6.45) is 7.35. The van der Waals surface area contributed by atoms with Gasteiger partial charge in [-0.1, -0.05) is 73.6 Å². The molecule has 2 rings (SSSR count). The highest BCUT2D eigenvalue weighted by molar-refractivity contribution is 7.98. The molecular weight excluding hydrogens is 361 g/mol. The second-order valence-electron chi connectivity index (χ2n) is 5.80. The molecule has 1 heterocycles. The van der Waals surface area contributed by atoms with Crippen LogP contribution in [-0.4, -0.2) is 14.8 Å². The van der Waals surface area contributed by atoms with Crippen LogP contribution in [0.25, 0.3) is 0 Å². The molecule has 6 heteroatoms. The number of halogens is 2. The van der Waals surface area contributed by atoms with Crippen LogP contribution in [0.4, 0.5) is 0 Å². The number of aromatic nitrogens is 3. The van der Waals surface area contributed by atoms with Gasteiger partial charge in [-0.25, -0.2) is 0 Å². The molecule has 1 aromatic heterocycles. The molecular formula is C18H25Cl2N3S. The lowest BCUT2D eigenvalue weighted by Crippen LogP contribution is -2.03. The van der Waals surface area contributed by atoms with Crippen molar-refractivity contribution in [3.63, 3.8) is 0 Å². The highest BCUT2D eigenvalue weighted by Gasteiger charge is 2.13. The maximum absolute atomic E-state index is 6.24. The van der Waals surface area contributed by atoms with Gasteiger partial charge in [0.05, 0.1) is 0 Å². The molecule has 0 saturated heterocycles. The Kier molecular flexibility index (Phi) is 8.43. The van der Waals surface area contributed by atoms with Gasteiger partial charge in [0.2, 0.25) is 0 Å². The highest BCUT2D eigenvalue weighted by Crippen LogP contribution is 2.31. The summed E-state index contributed by atoms with van der Waals surface area (Å²) in [5, 5.41) is 11.1. The Balaban J connectivity index is 1.96. The van der Waals surface area contributed by atoms with Crippen molar-refractivity contribution in [2.24, 2.45) is 0 Å². The summed E-state index contributed by atoms with van der Waals surface area (Å²) in [6.45, 7) is 5.26. The summed E-state index contributed by atoms with van der Waals surface area (Å²) in [7, 11) is 0. The first-order valence-electron chi connectivity index (χ1n) is 8.65. The van der Waals surface area contributed by atoms with Crippen LogP contribution in [0.2, 0.25) is 10.0 Å². The van der Waals surface area contributed by atoms with E-state index in [0.29, 0.717) is 15.8 Å². The largest absolute Gasteiger partial charge is 0.306 e. The van der Waals surface area contributed by atoms with Gasteiger partial charge in [0, 0.05) is 28.8 Å². The predicted octanol–water partition coefficient (Wildman–Crippen LogP) is 6.41. The Morgan fingerprint density at radius 2 is 1.71 bits per heavy atom. The maximum atomic E-state index is 6.24. The van der Waals surface area contributed by atoms with Gasteiger partial charge in [0.15, 0.2) is 5.16 Å². The third-order valence-corrected chi connectivity index (χ3v) is 5.72. The molecule has 0 spiro atoms. The Hall–Kier alpha value is -0.710. The van der Waals surface area contributed by atoms with E-state index in [4.69, 9.17) is 23.2 Å². The summed E-state index contributed by atoms with van der Waals surface area (Å²) in [5.74, 6) is 1.79. The van der Waals surface area contributed by atoms with Crippen LogP contribution in [0.15, 0.2) is 23.4 Å². The van der Waals surface area contributed by atoms with Crippen molar-refractivity contribution in [2.45, 2.75) is 69.8 Å². The third-order valence-electron chi connectivity index (χ3n) is 4.02. The van der Waals surface area contributed by atoms with Gasteiger partial charge in [-0.05, 0) is 31.0 Å². The molecule has 2 aromatic rings. The first kappa shape index (κ1) is 19.6. The minimum atomic E-state index is 0.702. The summed E-state index contributed by atoms with van der Waals surface area (Å²) in [5.41, 5.74) is 0.956. The molecule has 0 fully saturated rings. The van der Waals surface area contributed by atoms with Gasteiger partial charge >= 0.3 is 0 Å². The molecule has 0 N–H and O–H groups in total. The Morgan fingerprint density at radius 1 is 1.00 bits per heavy atom. The van der Waals surface area contributed by atoms with Gasteiger partial charge in [0.25, 0.3) is 0 Å². The average molecular weight is 386 g/mol. The zero-order valence-electron chi connectivity index (χ0n) is 14.4. The molecule has 0 unspecified atom stereocenters. The second-order valence-corrected chi connectivity index (χ2v) is 7.55. The number of nitrogens with zero attached hydrogens (tertiary/aromatic N) is 3. The van der Waals surface area contributed by atoms with Crippen molar-refractivity contribution in [3.05, 3.63) is 39.6 Å².